The first kappa shape index (κ1) is 12.0. The van der Waals surface area contributed by atoms with Gasteiger partial charge in [-0.2, -0.15) is 0 Å². The minimum absolute atomic E-state index is 0.277. The second-order valence-corrected chi connectivity index (χ2v) is 4.55. The van der Waals surface area contributed by atoms with Crippen LogP contribution in [0.3, 0.4) is 0 Å². The number of carbonyl (C=O) groups is 1. The highest BCUT2D eigenvalue weighted by Crippen LogP contribution is 2.34. The van der Waals surface area contributed by atoms with Gasteiger partial charge in [0.15, 0.2) is 5.15 Å². The van der Waals surface area contributed by atoms with Crippen LogP contribution in [0.4, 0.5) is 0 Å². The molecule has 0 aliphatic carbocycles. The second-order valence-electron chi connectivity index (χ2n) is 3.31. The van der Waals surface area contributed by atoms with Crippen molar-refractivity contribution in [1.29, 1.82) is 0 Å². The summed E-state index contributed by atoms with van der Waals surface area (Å²) < 4.78 is 4.73. The van der Waals surface area contributed by atoms with E-state index in [1.54, 1.807) is 6.20 Å². The van der Waals surface area contributed by atoms with Gasteiger partial charge < -0.3 is 4.74 Å². The Morgan fingerprint density at radius 2 is 2.12 bits per heavy atom. The third kappa shape index (κ3) is 2.16. The molecule has 2 rings (SSSR count). The number of hydrogen-bond acceptors (Lipinski definition) is 5. The van der Waals surface area contributed by atoms with Crippen molar-refractivity contribution >= 4 is 28.9 Å². The van der Waals surface area contributed by atoms with E-state index in [1.807, 2.05) is 12.3 Å². The summed E-state index contributed by atoms with van der Waals surface area (Å²) in [5.74, 6) is -0.389. The average molecular weight is 269 g/mol. The smallest absolute Gasteiger partial charge is 0.348 e. The highest BCUT2D eigenvalue weighted by molar-refractivity contribution is 7.12. The van der Waals surface area contributed by atoms with Crippen LogP contribution in [0.15, 0.2) is 17.8 Å². The molecule has 88 valence electrons. The third-order valence-corrected chi connectivity index (χ3v) is 3.59. The van der Waals surface area contributed by atoms with Crippen molar-refractivity contribution in [2.45, 2.75) is 6.92 Å². The Morgan fingerprint density at radius 1 is 1.41 bits per heavy atom. The van der Waals surface area contributed by atoms with Crippen LogP contribution < -0.4 is 0 Å². The van der Waals surface area contributed by atoms with Crippen molar-refractivity contribution in [3.05, 3.63) is 33.4 Å². The molecule has 0 saturated carbocycles. The molecular formula is C11H9ClN2O2S. The number of esters is 1. The van der Waals surface area contributed by atoms with Gasteiger partial charge in [0.05, 0.1) is 7.11 Å². The topological polar surface area (TPSA) is 52.1 Å². The fourth-order valence-electron chi connectivity index (χ4n) is 1.47. The van der Waals surface area contributed by atoms with Gasteiger partial charge >= 0.3 is 5.97 Å². The maximum atomic E-state index is 11.6. The SMILES string of the molecule is COC(=O)c1scc(C)c1-c1nccnc1Cl. The summed E-state index contributed by atoms with van der Waals surface area (Å²) in [6.07, 6.45) is 3.05. The Morgan fingerprint density at radius 3 is 2.76 bits per heavy atom. The molecule has 0 fully saturated rings. The number of hydrogen-bond donors (Lipinski definition) is 0. The Hall–Kier alpha value is -1.46. The summed E-state index contributed by atoms with van der Waals surface area (Å²) in [5, 5.41) is 2.14. The van der Waals surface area contributed by atoms with Crippen molar-refractivity contribution in [1.82, 2.24) is 9.97 Å². The molecule has 6 heteroatoms. The number of ether oxygens (including phenoxy) is 1. The molecule has 0 bridgehead atoms. The van der Waals surface area contributed by atoms with E-state index in [0.29, 0.717) is 16.1 Å². The Bertz CT molecular complexity index is 568. The van der Waals surface area contributed by atoms with Crippen molar-refractivity contribution < 1.29 is 9.53 Å². The molecule has 2 aromatic heterocycles. The molecular weight excluding hydrogens is 260 g/mol. The molecule has 0 aliphatic rings. The van der Waals surface area contributed by atoms with Gasteiger partial charge in [-0.25, -0.2) is 9.78 Å². The van der Waals surface area contributed by atoms with Gasteiger partial charge in [-0.1, -0.05) is 11.6 Å². The van der Waals surface area contributed by atoms with E-state index in [2.05, 4.69) is 9.97 Å². The predicted octanol–water partition coefficient (Wildman–Crippen LogP) is 2.95. The molecule has 17 heavy (non-hydrogen) atoms. The van der Waals surface area contributed by atoms with Gasteiger partial charge in [0.25, 0.3) is 0 Å². The molecule has 0 aromatic carbocycles. The van der Waals surface area contributed by atoms with Gasteiger partial charge in [-0.3, -0.25) is 4.98 Å². The zero-order valence-electron chi connectivity index (χ0n) is 9.23. The van der Waals surface area contributed by atoms with E-state index >= 15 is 0 Å². The highest BCUT2D eigenvalue weighted by atomic mass is 35.5. The lowest BCUT2D eigenvalue weighted by molar-refractivity contribution is 0.0607. The maximum absolute atomic E-state index is 11.6. The summed E-state index contributed by atoms with van der Waals surface area (Å²) in [6.45, 7) is 1.89. The van der Waals surface area contributed by atoms with Crippen molar-refractivity contribution in [3.63, 3.8) is 0 Å². The van der Waals surface area contributed by atoms with Gasteiger partial charge in [0.2, 0.25) is 0 Å². The largest absolute Gasteiger partial charge is 0.465 e. The molecule has 0 amide bonds. The molecule has 0 saturated heterocycles. The number of aryl methyl sites for hydroxylation is 1. The van der Waals surface area contributed by atoms with Gasteiger partial charge in [-0.05, 0) is 17.9 Å². The minimum Gasteiger partial charge on any atom is -0.465 e. The highest BCUT2D eigenvalue weighted by Gasteiger charge is 2.21. The minimum atomic E-state index is -0.389. The summed E-state index contributed by atoms with van der Waals surface area (Å²) in [5.41, 5.74) is 2.13. The molecule has 2 heterocycles. The maximum Gasteiger partial charge on any atom is 0.348 e. The van der Waals surface area contributed by atoms with E-state index in [1.165, 1.54) is 24.6 Å². The van der Waals surface area contributed by atoms with Crippen LogP contribution in [0.25, 0.3) is 11.3 Å². The first-order chi connectivity index (χ1) is 8.15. The van der Waals surface area contributed by atoms with Crippen LogP contribution in [0, 0.1) is 6.92 Å². The van der Waals surface area contributed by atoms with Crippen LogP contribution >= 0.6 is 22.9 Å². The van der Waals surface area contributed by atoms with E-state index < -0.39 is 0 Å². The molecule has 0 spiro atoms. The zero-order valence-corrected chi connectivity index (χ0v) is 10.8. The molecule has 0 aliphatic heterocycles. The number of nitrogens with zero attached hydrogens (tertiary/aromatic N) is 2. The fourth-order valence-corrected chi connectivity index (χ4v) is 2.64. The molecule has 0 N–H and O–H groups in total. The third-order valence-electron chi connectivity index (χ3n) is 2.24. The number of thiophene rings is 1. The Kier molecular flexibility index (Phi) is 3.40. The van der Waals surface area contributed by atoms with E-state index in [0.717, 1.165) is 5.56 Å². The number of rotatable bonds is 2. The summed E-state index contributed by atoms with van der Waals surface area (Å²) in [6, 6.07) is 0. The summed E-state index contributed by atoms with van der Waals surface area (Å²) >= 11 is 7.30. The van der Waals surface area contributed by atoms with E-state index in [9.17, 15) is 4.79 Å². The first-order valence-corrected chi connectivity index (χ1v) is 6.04. The Labute approximate surface area is 107 Å². The fraction of sp³-hybridized carbons (Fsp3) is 0.182. The Balaban J connectivity index is 2.63. The van der Waals surface area contributed by atoms with Crippen LogP contribution in [0.1, 0.15) is 15.2 Å². The quantitative estimate of drug-likeness (QED) is 0.786. The van der Waals surface area contributed by atoms with Gasteiger partial charge in [-0.15, -0.1) is 11.3 Å². The molecule has 2 aromatic rings. The van der Waals surface area contributed by atoms with Crippen molar-refractivity contribution in [2.75, 3.05) is 7.11 Å². The monoisotopic (exact) mass is 268 g/mol. The lowest BCUT2D eigenvalue weighted by Crippen LogP contribution is -2.01. The number of methoxy groups -OCH3 is 1. The second kappa shape index (κ2) is 4.81. The van der Waals surface area contributed by atoms with Crippen LogP contribution in [0.5, 0.6) is 0 Å². The standard InChI is InChI=1S/C11H9ClN2O2S/c1-6-5-17-9(11(15)16-2)7(6)8-10(12)14-4-3-13-8/h3-5H,1-2H3. The predicted molar refractivity (Wildman–Crippen MR) is 66.4 cm³/mol. The van der Waals surface area contributed by atoms with Crippen LogP contribution in [0.2, 0.25) is 5.15 Å². The van der Waals surface area contributed by atoms with Crippen LogP contribution in [-0.2, 0) is 4.74 Å². The summed E-state index contributed by atoms with van der Waals surface area (Å²) in [7, 11) is 1.35. The molecule has 4 nitrogen and oxygen atoms in total. The summed E-state index contributed by atoms with van der Waals surface area (Å²) in [4.78, 5) is 20.2. The first-order valence-electron chi connectivity index (χ1n) is 4.78. The van der Waals surface area contributed by atoms with Gasteiger partial charge in [0, 0.05) is 18.0 Å². The van der Waals surface area contributed by atoms with Gasteiger partial charge in [0.1, 0.15) is 10.6 Å². The van der Waals surface area contributed by atoms with E-state index in [4.69, 9.17) is 16.3 Å². The zero-order chi connectivity index (χ0) is 12.4. The van der Waals surface area contributed by atoms with Crippen molar-refractivity contribution in [3.8, 4) is 11.3 Å². The number of carbonyl (C=O) groups excluding carboxylic acids is 1. The average Bonchev–Trinajstić information content (AvgIpc) is 2.71. The van der Waals surface area contributed by atoms with Crippen molar-refractivity contribution in [2.24, 2.45) is 0 Å². The lowest BCUT2D eigenvalue weighted by Gasteiger charge is -2.04. The molecule has 0 radical (unpaired) electrons. The lowest BCUT2D eigenvalue weighted by atomic mass is 10.1. The molecule has 0 unspecified atom stereocenters. The number of aromatic nitrogens is 2. The van der Waals surface area contributed by atoms with Crippen LogP contribution in [-0.4, -0.2) is 23.0 Å². The molecule has 0 atom stereocenters. The van der Waals surface area contributed by atoms with E-state index in [-0.39, 0.29) is 11.1 Å². The number of halogens is 1. The normalized spacial score (nSPS) is 10.3.